The van der Waals surface area contributed by atoms with E-state index < -0.39 is 13.0 Å². The standard InChI is InChI=1S/C25H23BN6O3/c27-13-16-12-19-17(23(28)33)8-5-11-21(19)32(16)25-30-22-18(9-4-10-20(22)26(34)35)24(31-25)29-14-15-6-2-1-3-7-15/h1-12,34-35H,13-14,27H2,(H2,28,33)(H,29,30,31). The summed E-state index contributed by atoms with van der Waals surface area (Å²) in [6.45, 7) is 0.658. The molecule has 5 rings (SSSR count). The summed E-state index contributed by atoms with van der Waals surface area (Å²) in [4.78, 5) is 21.5. The minimum Gasteiger partial charge on any atom is -0.423 e. The number of aromatic nitrogens is 3. The van der Waals surface area contributed by atoms with E-state index in [1.165, 1.54) is 0 Å². The van der Waals surface area contributed by atoms with Gasteiger partial charge in [0.15, 0.2) is 0 Å². The molecule has 5 aromatic rings. The molecule has 3 aromatic carbocycles. The van der Waals surface area contributed by atoms with Crippen LogP contribution < -0.4 is 22.2 Å². The maximum Gasteiger partial charge on any atom is 0.490 e. The van der Waals surface area contributed by atoms with Gasteiger partial charge < -0.3 is 26.8 Å². The smallest absolute Gasteiger partial charge is 0.423 e. The molecule has 2 heterocycles. The first-order chi connectivity index (χ1) is 17.0. The number of amides is 1. The number of hydrogen-bond donors (Lipinski definition) is 5. The lowest BCUT2D eigenvalue weighted by Gasteiger charge is -2.15. The maximum absolute atomic E-state index is 12.0. The lowest BCUT2D eigenvalue weighted by atomic mass is 9.79. The van der Waals surface area contributed by atoms with Crippen molar-refractivity contribution in [3.05, 3.63) is 89.6 Å². The van der Waals surface area contributed by atoms with Crippen molar-refractivity contribution in [2.45, 2.75) is 13.1 Å². The average Bonchev–Trinajstić information content (AvgIpc) is 3.26. The molecule has 9 nitrogen and oxygen atoms in total. The summed E-state index contributed by atoms with van der Waals surface area (Å²) in [7, 11) is -1.72. The van der Waals surface area contributed by atoms with Crippen LogP contribution in [0.3, 0.4) is 0 Å². The Hall–Kier alpha value is -4.25. The molecule has 10 heteroatoms. The van der Waals surface area contributed by atoms with E-state index in [1.807, 2.05) is 42.5 Å². The van der Waals surface area contributed by atoms with Crippen molar-refractivity contribution in [2.75, 3.05) is 5.32 Å². The summed E-state index contributed by atoms with van der Waals surface area (Å²) >= 11 is 0. The molecule has 0 saturated carbocycles. The maximum atomic E-state index is 12.0. The first-order valence-corrected chi connectivity index (χ1v) is 11.1. The van der Waals surface area contributed by atoms with E-state index in [0.717, 1.165) is 5.56 Å². The summed E-state index contributed by atoms with van der Waals surface area (Å²) in [6.07, 6.45) is 0. The third kappa shape index (κ3) is 4.10. The number of hydrogen-bond acceptors (Lipinski definition) is 7. The van der Waals surface area contributed by atoms with Gasteiger partial charge in [-0.1, -0.05) is 48.5 Å². The molecule has 174 valence electrons. The van der Waals surface area contributed by atoms with Crippen molar-refractivity contribution in [1.29, 1.82) is 0 Å². The third-order valence-corrected chi connectivity index (χ3v) is 5.92. The fourth-order valence-corrected chi connectivity index (χ4v) is 4.27. The molecule has 35 heavy (non-hydrogen) atoms. The first-order valence-electron chi connectivity index (χ1n) is 11.1. The molecule has 0 aliphatic heterocycles. The minimum absolute atomic E-state index is 0.158. The van der Waals surface area contributed by atoms with Crippen LogP contribution in [0.1, 0.15) is 21.6 Å². The molecule has 0 spiro atoms. The Bertz CT molecular complexity index is 1550. The second-order valence-corrected chi connectivity index (χ2v) is 8.11. The highest BCUT2D eigenvalue weighted by atomic mass is 16.4. The predicted octanol–water partition coefficient (Wildman–Crippen LogP) is 1.42. The van der Waals surface area contributed by atoms with Gasteiger partial charge in [-0.3, -0.25) is 9.36 Å². The van der Waals surface area contributed by atoms with Crippen LogP contribution in [-0.2, 0) is 13.1 Å². The highest BCUT2D eigenvalue weighted by Gasteiger charge is 2.22. The summed E-state index contributed by atoms with van der Waals surface area (Å²) in [5.74, 6) is 0.247. The van der Waals surface area contributed by atoms with Gasteiger partial charge in [0.05, 0.1) is 11.0 Å². The molecule has 0 atom stereocenters. The molecule has 2 aromatic heterocycles. The van der Waals surface area contributed by atoms with E-state index in [0.29, 0.717) is 45.4 Å². The number of anilines is 1. The summed E-state index contributed by atoms with van der Waals surface area (Å²) in [5.41, 5.74) is 15.0. The lowest BCUT2D eigenvalue weighted by Crippen LogP contribution is -2.31. The number of carbonyl (C=O) groups excluding carboxylic acids is 1. The van der Waals surface area contributed by atoms with Gasteiger partial charge in [0, 0.05) is 40.6 Å². The average molecular weight is 466 g/mol. The second-order valence-electron chi connectivity index (χ2n) is 8.11. The Kier molecular flexibility index (Phi) is 5.92. The van der Waals surface area contributed by atoms with Gasteiger partial charge in [-0.15, -0.1) is 0 Å². The Labute approximate surface area is 201 Å². The van der Waals surface area contributed by atoms with Crippen molar-refractivity contribution >= 4 is 46.1 Å². The van der Waals surface area contributed by atoms with E-state index >= 15 is 0 Å². The van der Waals surface area contributed by atoms with Gasteiger partial charge in [0.1, 0.15) is 5.82 Å². The van der Waals surface area contributed by atoms with Crippen molar-refractivity contribution in [3.8, 4) is 5.95 Å². The first kappa shape index (κ1) is 22.5. The van der Waals surface area contributed by atoms with Crippen molar-refractivity contribution in [1.82, 2.24) is 14.5 Å². The van der Waals surface area contributed by atoms with E-state index in [2.05, 4.69) is 5.32 Å². The lowest BCUT2D eigenvalue weighted by molar-refractivity contribution is 0.100. The van der Waals surface area contributed by atoms with E-state index in [4.69, 9.17) is 21.4 Å². The van der Waals surface area contributed by atoms with Gasteiger partial charge in [0.25, 0.3) is 0 Å². The molecule has 0 saturated heterocycles. The molecule has 0 fully saturated rings. The Morgan fingerprint density at radius 3 is 2.46 bits per heavy atom. The van der Waals surface area contributed by atoms with Gasteiger partial charge in [-0.25, -0.2) is 4.98 Å². The predicted molar refractivity (Wildman–Crippen MR) is 136 cm³/mol. The van der Waals surface area contributed by atoms with Gasteiger partial charge in [-0.2, -0.15) is 4.98 Å². The number of nitrogens with one attached hydrogen (secondary N) is 1. The van der Waals surface area contributed by atoms with Crippen LogP contribution in [0.5, 0.6) is 0 Å². The fourth-order valence-electron chi connectivity index (χ4n) is 4.27. The topological polar surface area (TPSA) is 152 Å². The SMILES string of the molecule is NCc1cc2c(C(N)=O)cccc2n1-c1nc(NCc2ccccc2)c2cccc(B(O)O)c2n1. The molecule has 0 unspecified atom stereocenters. The highest BCUT2D eigenvalue weighted by Crippen LogP contribution is 2.28. The van der Waals surface area contributed by atoms with Crippen LogP contribution in [0.2, 0.25) is 0 Å². The van der Waals surface area contributed by atoms with E-state index in [-0.39, 0.29) is 18.0 Å². The van der Waals surface area contributed by atoms with Gasteiger partial charge in [-0.05, 0) is 29.8 Å². The number of nitrogens with zero attached hydrogens (tertiary/aromatic N) is 3. The summed E-state index contributed by atoms with van der Waals surface area (Å²) in [5, 5.41) is 24.6. The molecule has 0 aliphatic rings. The largest absolute Gasteiger partial charge is 0.490 e. The molecular formula is C25H23BN6O3. The molecule has 0 bridgehead atoms. The molecule has 0 aliphatic carbocycles. The van der Waals surface area contributed by atoms with Crippen LogP contribution in [0, 0.1) is 0 Å². The molecular weight excluding hydrogens is 443 g/mol. The molecule has 1 amide bonds. The second kappa shape index (κ2) is 9.19. The normalized spacial score (nSPS) is 11.2. The molecule has 0 radical (unpaired) electrons. The number of para-hydroxylation sites is 1. The quantitative estimate of drug-likeness (QED) is 0.228. The Morgan fingerprint density at radius 2 is 1.74 bits per heavy atom. The van der Waals surface area contributed by atoms with Crippen molar-refractivity contribution in [2.24, 2.45) is 11.5 Å². The monoisotopic (exact) mass is 466 g/mol. The van der Waals surface area contributed by atoms with Crippen LogP contribution in [-0.4, -0.2) is 37.6 Å². The summed E-state index contributed by atoms with van der Waals surface area (Å²) in [6, 6.07) is 22.0. The highest BCUT2D eigenvalue weighted by molar-refractivity contribution is 6.61. The van der Waals surface area contributed by atoms with Gasteiger partial charge in [0.2, 0.25) is 11.9 Å². The van der Waals surface area contributed by atoms with Crippen LogP contribution >= 0.6 is 0 Å². The number of primary amides is 1. The third-order valence-electron chi connectivity index (χ3n) is 5.92. The van der Waals surface area contributed by atoms with Crippen LogP contribution in [0.4, 0.5) is 5.82 Å². The number of nitrogens with two attached hydrogens (primary N) is 2. The number of carbonyl (C=O) groups is 1. The minimum atomic E-state index is -1.72. The zero-order chi connectivity index (χ0) is 24.5. The fraction of sp³-hybridized carbons (Fsp3) is 0.0800. The number of rotatable bonds is 7. The Morgan fingerprint density at radius 1 is 0.971 bits per heavy atom. The summed E-state index contributed by atoms with van der Waals surface area (Å²) < 4.78 is 1.76. The van der Waals surface area contributed by atoms with Crippen molar-refractivity contribution < 1.29 is 14.8 Å². The zero-order valence-electron chi connectivity index (χ0n) is 18.7. The van der Waals surface area contributed by atoms with Gasteiger partial charge >= 0.3 is 7.12 Å². The van der Waals surface area contributed by atoms with Crippen LogP contribution in [0.15, 0.2) is 72.8 Å². The van der Waals surface area contributed by atoms with Crippen molar-refractivity contribution in [3.63, 3.8) is 0 Å². The zero-order valence-corrected chi connectivity index (χ0v) is 18.7. The Balaban J connectivity index is 1.75. The van der Waals surface area contributed by atoms with E-state index in [1.54, 1.807) is 34.9 Å². The molecule has 7 N–H and O–H groups in total. The number of fused-ring (bicyclic) bond motifs is 2. The number of benzene rings is 3. The van der Waals surface area contributed by atoms with Crippen LogP contribution in [0.25, 0.3) is 27.8 Å². The van der Waals surface area contributed by atoms with E-state index in [9.17, 15) is 14.8 Å².